The third kappa shape index (κ3) is 3.72. The van der Waals surface area contributed by atoms with Crippen LogP contribution in [-0.2, 0) is 10.1 Å². The normalized spacial score (nSPS) is 12.6. The van der Waals surface area contributed by atoms with Gasteiger partial charge in [0.1, 0.15) is 15.0 Å². The van der Waals surface area contributed by atoms with E-state index in [1.165, 1.54) is 12.1 Å². The van der Waals surface area contributed by atoms with Crippen LogP contribution in [0.1, 0.15) is 38.8 Å². The number of anilines is 3. The molecular weight excluding hydrogens is 441 g/mol. The predicted octanol–water partition coefficient (Wildman–Crippen LogP) is -0.367. The predicted molar refractivity (Wildman–Crippen MR) is 116 cm³/mol. The van der Waals surface area contributed by atoms with Crippen LogP contribution in [0.15, 0.2) is 53.4 Å². The van der Waals surface area contributed by atoms with Gasteiger partial charge in [0.05, 0.1) is 16.9 Å². The third-order valence-electron chi connectivity index (χ3n) is 5.18. The van der Waals surface area contributed by atoms with Crippen molar-refractivity contribution in [1.82, 2.24) is 0 Å². The number of carbonyl (C=O) groups is 2. The minimum atomic E-state index is -5.15. The van der Waals surface area contributed by atoms with Gasteiger partial charge in [-0.3, -0.25) is 9.59 Å². The van der Waals surface area contributed by atoms with E-state index in [1.807, 2.05) is 6.92 Å². The van der Waals surface area contributed by atoms with Crippen LogP contribution in [-0.4, -0.2) is 31.1 Å². The average molecular weight is 459 g/mol. The number of carbonyl (C=O) groups excluding carboxylic acids is 2. The molecule has 0 unspecified atom stereocenters. The molecule has 4 rings (SSSR count). The molecule has 0 spiro atoms. The molecule has 1 aliphatic rings. The summed E-state index contributed by atoms with van der Waals surface area (Å²) in [6.45, 7) is 2.51. The molecule has 0 amide bonds. The molecule has 0 atom stereocenters. The molecule has 10 heteroatoms. The first-order valence-electron chi connectivity index (χ1n) is 9.40. The van der Waals surface area contributed by atoms with E-state index < -0.39 is 38.0 Å². The monoisotopic (exact) mass is 459 g/mol. The number of ketones is 2. The SMILES string of the molecule is CCNc1cccc(-c2c(N)c(S(=O)(=O)[O-])c(N)c3c2C(=O)c2ccccc2C3=O)c1.[Na+]. The Hall–Kier alpha value is -2.69. The van der Waals surface area contributed by atoms with E-state index in [1.54, 1.807) is 36.4 Å². The molecule has 0 aromatic heterocycles. The molecule has 0 saturated carbocycles. The summed E-state index contributed by atoms with van der Waals surface area (Å²) < 4.78 is 36.1. The van der Waals surface area contributed by atoms with Crippen LogP contribution >= 0.6 is 0 Å². The second-order valence-corrected chi connectivity index (χ2v) is 8.37. The minimum Gasteiger partial charge on any atom is -0.744 e. The van der Waals surface area contributed by atoms with Gasteiger partial charge in [0, 0.05) is 34.5 Å². The van der Waals surface area contributed by atoms with E-state index in [0.29, 0.717) is 17.8 Å². The second kappa shape index (κ2) is 8.68. The van der Waals surface area contributed by atoms with E-state index in [9.17, 15) is 22.6 Å². The van der Waals surface area contributed by atoms with Crippen molar-refractivity contribution in [1.29, 1.82) is 0 Å². The molecule has 8 nitrogen and oxygen atoms in total. The molecule has 0 aliphatic heterocycles. The van der Waals surface area contributed by atoms with Gasteiger partial charge in [-0.15, -0.1) is 0 Å². The van der Waals surface area contributed by atoms with Crippen molar-refractivity contribution in [3.05, 3.63) is 70.8 Å². The molecule has 1 aliphatic carbocycles. The van der Waals surface area contributed by atoms with Gasteiger partial charge in [-0.25, -0.2) is 8.42 Å². The van der Waals surface area contributed by atoms with Crippen LogP contribution in [0.25, 0.3) is 11.1 Å². The van der Waals surface area contributed by atoms with Crippen LogP contribution in [0.5, 0.6) is 0 Å². The fourth-order valence-corrected chi connectivity index (χ4v) is 4.68. The van der Waals surface area contributed by atoms with Gasteiger partial charge in [0.25, 0.3) is 0 Å². The van der Waals surface area contributed by atoms with Gasteiger partial charge in [-0.2, -0.15) is 0 Å². The zero-order valence-corrected chi connectivity index (χ0v) is 20.2. The van der Waals surface area contributed by atoms with E-state index in [4.69, 9.17) is 11.5 Å². The van der Waals surface area contributed by atoms with Gasteiger partial charge in [0.15, 0.2) is 11.6 Å². The first-order chi connectivity index (χ1) is 14.7. The molecule has 0 radical (unpaired) electrons. The minimum absolute atomic E-state index is 0. The van der Waals surface area contributed by atoms with E-state index >= 15 is 0 Å². The van der Waals surface area contributed by atoms with Crippen LogP contribution in [0.4, 0.5) is 17.1 Å². The van der Waals surface area contributed by atoms with Crippen LogP contribution < -0.4 is 46.3 Å². The van der Waals surface area contributed by atoms with Crippen molar-refractivity contribution in [2.75, 3.05) is 23.3 Å². The van der Waals surface area contributed by atoms with Crippen molar-refractivity contribution in [3.8, 4) is 11.1 Å². The van der Waals surface area contributed by atoms with Gasteiger partial charge < -0.3 is 21.3 Å². The molecule has 3 aromatic carbocycles. The summed E-state index contributed by atoms with van der Waals surface area (Å²) in [7, 11) is -5.15. The summed E-state index contributed by atoms with van der Waals surface area (Å²) in [6, 6.07) is 12.9. The largest absolute Gasteiger partial charge is 1.00 e. The van der Waals surface area contributed by atoms with Gasteiger partial charge in [0.2, 0.25) is 0 Å². The fourth-order valence-electron chi connectivity index (χ4n) is 3.94. The Morgan fingerprint density at radius 1 is 0.875 bits per heavy atom. The van der Waals surface area contributed by atoms with Crippen LogP contribution in [0, 0.1) is 0 Å². The Kier molecular flexibility index (Phi) is 6.50. The molecule has 32 heavy (non-hydrogen) atoms. The maximum Gasteiger partial charge on any atom is 1.00 e. The summed E-state index contributed by atoms with van der Waals surface area (Å²) in [6.07, 6.45) is 0. The van der Waals surface area contributed by atoms with Gasteiger partial charge >= 0.3 is 29.6 Å². The summed E-state index contributed by atoms with van der Waals surface area (Å²) in [4.78, 5) is 25.8. The van der Waals surface area contributed by atoms with Crippen molar-refractivity contribution in [2.24, 2.45) is 0 Å². The number of nitrogen functional groups attached to an aromatic ring is 2. The quantitative estimate of drug-likeness (QED) is 0.212. The standard InChI is InChI=1S/C22H19N3O5S.Na/c1-2-25-12-7-5-6-11(10-12)15-16-17(19(24)22(18(15)23)31(28,29)30)21(27)14-9-4-3-8-13(14)20(16)26;/h3-10,25H,2,23-24H2,1H3,(H,28,29,30);/q;+1/p-1. The Labute approximate surface area is 207 Å². The Bertz CT molecular complexity index is 1390. The molecular formula is C22H18N3NaO5S. The van der Waals surface area contributed by atoms with E-state index in [-0.39, 0.29) is 57.4 Å². The van der Waals surface area contributed by atoms with E-state index in [2.05, 4.69) is 5.32 Å². The Balaban J connectivity index is 0.00000289. The number of nitrogens with one attached hydrogen (secondary N) is 1. The van der Waals surface area contributed by atoms with Crippen molar-refractivity contribution in [3.63, 3.8) is 0 Å². The fraction of sp³-hybridized carbons (Fsp3) is 0.0909. The second-order valence-electron chi connectivity index (χ2n) is 7.05. The van der Waals surface area contributed by atoms with Crippen LogP contribution in [0.3, 0.4) is 0 Å². The van der Waals surface area contributed by atoms with Crippen molar-refractivity contribution in [2.45, 2.75) is 11.8 Å². The summed E-state index contributed by atoms with van der Waals surface area (Å²) >= 11 is 0. The van der Waals surface area contributed by atoms with Gasteiger partial charge in [-0.05, 0) is 24.6 Å². The number of rotatable bonds is 4. The number of hydrogen-bond acceptors (Lipinski definition) is 8. The maximum absolute atomic E-state index is 13.4. The zero-order chi connectivity index (χ0) is 22.5. The maximum atomic E-state index is 13.4. The molecule has 158 valence electrons. The third-order valence-corrected chi connectivity index (χ3v) is 6.12. The zero-order valence-electron chi connectivity index (χ0n) is 17.4. The molecule has 0 saturated heterocycles. The molecule has 5 N–H and O–H groups in total. The summed E-state index contributed by atoms with van der Waals surface area (Å²) in [5, 5.41) is 3.11. The Morgan fingerprint density at radius 2 is 1.44 bits per heavy atom. The van der Waals surface area contributed by atoms with E-state index in [0.717, 1.165) is 0 Å². The number of benzene rings is 3. The van der Waals surface area contributed by atoms with Crippen LogP contribution in [0.2, 0.25) is 0 Å². The number of nitrogens with two attached hydrogens (primary N) is 2. The molecule has 0 fully saturated rings. The van der Waals surface area contributed by atoms with Crippen molar-refractivity contribution < 1.29 is 52.1 Å². The molecule has 3 aromatic rings. The summed E-state index contributed by atoms with van der Waals surface area (Å²) in [5.41, 5.74) is 11.9. The number of fused-ring (bicyclic) bond motifs is 2. The number of hydrogen-bond donors (Lipinski definition) is 3. The molecule has 0 bridgehead atoms. The average Bonchev–Trinajstić information content (AvgIpc) is 2.71. The topological polar surface area (TPSA) is 155 Å². The van der Waals surface area contributed by atoms with Gasteiger partial charge in [-0.1, -0.05) is 36.4 Å². The first-order valence-corrected chi connectivity index (χ1v) is 10.8. The molecule has 0 heterocycles. The summed E-state index contributed by atoms with van der Waals surface area (Å²) in [5.74, 6) is -1.17. The first kappa shape index (κ1) is 24.0. The Morgan fingerprint density at radius 3 is 2.00 bits per heavy atom. The van der Waals surface area contributed by atoms with Crippen molar-refractivity contribution >= 4 is 38.7 Å². The smallest absolute Gasteiger partial charge is 0.744 e.